The molecule has 1 fully saturated rings. The van der Waals surface area contributed by atoms with Crippen LogP contribution >= 0.6 is 0 Å². The van der Waals surface area contributed by atoms with Crippen molar-refractivity contribution in [2.75, 3.05) is 20.2 Å². The first-order valence-corrected chi connectivity index (χ1v) is 6.44. The minimum absolute atomic E-state index is 0.0586. The predicted molar refractivity (Wildman–Crippen MR) is 69.1 cm³/mol. The van der Waals surface area contributed by atoms with E-state index in [-0.39, 0.29) is 29.7 Å². The van der Waals surface area contributed by atoms with Crippen LogP contribution in [-0.4, -0.2) is 43.6 Å². The van der Waals surface area contributed by atoms with E-state index in [9.17, 15) is 18.4 Å². The minimum atomic E-state index is -3.00. The Morgan fingerprint density at radius 2 is 2.05 bits per heavy atom. The maximum absolute atomic E-state index is 12.4. The van der Waals surface area contributed by atoms with Crippen molar-refractivity contribution in [2.45, 2.75) is 13.0 Å². The summed E-state index contributed by atoms with van der Waals surface area (Å²) in [6, 6.07) is 5.81. The molecule has 0 N–H and O–H groups in total. The van der Waals surface area contributed by atoms with Crippen LogP contribution in [0.2, 0.25) is 0 Å². The number of methoxy groups -OCH3 is 1. The molecule has 0 bridgehead atoms. The van der Waals surface area contributed by atoms with Crippen molar-refractivity contribution in [2.24, 2.45) is 5.92 Å². The molecule has 0 spiro atoms. The van der Waals surface area contributed by atoms with Gasteiger partial charge in [-0.3, -0.25) is 9.59 Å². The number of hydrogen-bond donors (Lipinski definition) is 0. The quantitative estimate of drug-likeness (QED) is 0.797. The van der Waals surface area contributed by atoms with Crippen LogP contribution in [0.15, 0.2) is 24.3 Å². The van der Waals surface area contributed by atoms with Gasteiger partial charge in [0.25, 0.3) is 5.91 Å². The zero-order valence-corrected chi connectivity index (χ0v) is 11.4. The maximum atomic E-state index is 12.4. The summed E-state index contributed by atoms with van der Waals surface area (Å²) < 4.78 is 33.7. The van der Waals surface area contributed by atoms with E-state index < -0.39 is 12.5 Å². The molecule has 1 unspecified atom stereocenters. The van der Waals surface area contributed by atoms with Gasteiger partial charge in [-0.05, 0) is 18.6 Å². The van der Waals surface area contributed by atoms with Gasteiger partial charge in [0.05, 0.1) is 18.6 Å². The first-order valence-electron chi connectivity index (χ1n) is 6.44. The lowest BCUT2D eigenvalue weighted by molar-refractivity contribution is -0.144. The second-order valence-corrected chi connectivity index (χ2v) is 4.63. The maximum Gasteiger partial charge on any atom is 0.387 e. The molecule has 1 heterocycles. The summed E-state index contributed by atoms with van der Waals surface area (Å²) in [6.07, 6.45) is 0.496. The van der Waals surface area contributed by atoms with Crippen molar-refractivity contribution in [1.29, 1.82) is 0 Å². The molecule has 1 aromatic rings. The van der Waals surface area contributed by atoms with Crippen molar-refractivity contribution >= 4 is 11.9 Å². The van der Waals surface area contributed by atoms with Crippen molar-refractivity contribution in [3.05, 3.63) is 29.8 Å². The summed E-state index contributed by atoms with van der Waals surface area (Å²) in [4.78, 5) is 25.2. The highest BCUT2D eigenvalue weighted by Crippen LogP contribution is 2.25. The predicted octanol–water partition coefficient (Wildman–Crippen LogP) is 1.92. The van der Waals surface area contributed by atoms with Gasteiger partial charge in [0.2, 0.25) is 0 Å². The number of halogens is 2. The summed E-state index contributed by atoms with van der Waals surface area (Å²) in [7, 11) is 1.29. The summed E-state index contributed by atoms with van der Waals surface area (Å²) in [6.45, 7) is -2.41. The normalized spacial score (nSPS) is 17.9. The molecular weight excluding hydrogens is 284 g/mol. The number of amides is 1. The molecule has 5 nitrogen and oxygen atoms in total. The minimum Gasteiger partial charge on any atom is -0.469 e. The zero-order chi connectivity index (χ0) is 15.4. The molecule has 0 saturated carbocycles. The SMILES string of the molecule is COC(=O)C1CCN(C(=O)c2ccccc2OC(F)F)C1. The molecule has 1 atom stereocenters. The Balaban J connectivity index is 2.12. The number of carbonyl (C=O) groups is 2. The number of alkyl halides is 2. The van der Waals surface area contributed by atoms with Gasteiger partial charge in [0.15, 0.2) is 0 Å². The smallest absolute Gasteiger partial charge is 0.387 e. The van der Waals surface area contributed by atoms with Gasteiger partial charge in [-0.2, -0.15) is 8.78 Å². The average Bonchev–Trinajstić information content (AvgIpc) is 2.95. The number of ether oxygens (including phenoxy) is 2. The third-order valence-electron chi connectivity index (χ3n) is 3.34. The van der Waals surface area contributed by atoms with E-state index in [1.807, 2.05) is 0 Å². The molecule has 7 heteroatoms. The van der Waals surface area contributed by atoms with E-state index in [0.717, 1.165) is 0 Å². The molecule has 0 aliphatic carbocycles. The summed E-state index contributed by atoms with van der Waals surface area (Å²) >= 11 is 0. The standard InChI is InChI=1S/C14H15F2NO4/c1-20-13(19)9-6-7-17(8-9)12(18)10-4-2-3-5-11(10)21-14(15)16/h2-5,9,14H,6-8H2,1H3. The van der Waals surface area contributed by atoms with Crippen molar-refractivity contribution < 1.29 is 27.8 Å². The molecule has 1 amide bonds. The molecule has 1 aliphatic rings. The highest BCUT2D eigenvalue weighted by Gasteiger charge is 2.33. The van der Waals surface area contributed by atoms with Crippen LogP contribution in [0.25, 0.3) is 0 Å². The van der Waals surface area contributed by atoms with Crippen LogP contribution in [0, 0.1) is 5.92 Å². The number of carbonyl (C=O) groups excluding carboxylic acids is 2. The monoisotopic (exact) mass is 299 g/mol. The molecule has 1 saturated heterocycles. The number of hydrogen-bond acceptors (Lipinski definition) is 4. The Morgan fingerprint density at radius 3 is 2.71 bits per heavy atom. The molecule has 21 heavy (non-hydrogen) atoms. The zero-order valence-electron chi connectivity index (χ0n) is 11.4. The molecular formula is C14H15F2NO4. The van der Waals surface area contributed by atoms with Crippen LogP contribution in [-0.2, 0) is 9.53 Å². The second-order valence-electron chi connectivity index (χ2n) is 4.63. The Bertz CT molecular complexity index is 535. The van der Waals surface area contributed by atoms with Crippen LogP contribution in [0.1, 0.15) is 16.8 Å². The van der Waals surface area contributed by atoms with Crippen molar-refractivity contribution in [3.63, 3.8) is 0 Å². The third-order valence-corrected chi connectivity index (χ3v) is 3.34. The third kappa shape index (κ3) is 3.48. The van der Waals surface area contributed by atoms with Gasteiger partial charge in [-0.1, -0.05) is 12.1 Å². The highest BCUT2D eigenvalue weighted by molar-refractivity contribution is 5.97. The van der Waals surface area contributed by atoms with E-state index in [1.165, 1.54) is 30.2 Å². The fourth-order valence-electron chi connectivity index (χ4n) is 2.32. The van der Waals surface area contributed by atoms with Crippen LogP contribution in [0.5, 0.6) is 5.75 Å². The summed E-state index contributed by atoms with van der Waals surface area (Å²) in [5.74, 6) is -1.35. The number of rotatable bonds is 4. The van der Waals surface area contributed by atoms with Crippen LogP contribution in [0.4, 0.5) is 8.78 Å². The number of likely N-dealkylation sites (tertiary alicyclic amines) is 1. The van der Waals surface area contributed by atoms with E-state index in [4.69, 9.17) is 0 Å². The van der Waals surface area contributed by atoms with Gasteiger partial charge in [-0.15, -0.1) is 0 Å². The summed E-state index contributed by atoms with van der Waals surface area (Å²) in [5.41, 5.74) is 0.0586. The molecule has 114 valence electrons. The largest absolute Gasteiger partial charge is 0.469 e. The first kappa shape index (κ1) is 15.2. The van der Waals surface area contributed by atoms with Gasteiger partial charge < -0.3 is 14.4 Å². The molecule has 0 aromatic heterocycles. The molecule has 1 aliphatic heterocycles. The van der Waals surface area contributed by atoms with Crippen molar-refractivity contribution in [3.8, 4) is 5.75 Å². The van der Waals surface area contributed by atoms with Gasteiger partial charge in [-0.25, -0.2) is 0 Å². The first-order chi connectivity index (χ1) is 10.0. The number of benzene rings is 1. The number of nitrogens with zero attached hydrogens (tertiary/aromatic N) is 1. The fraction of sp³-hybridized carbons (Fsp3) is 0.429. The molecule has 0 radical (unpaired) electrons. The Morgan fingerprint density at radius 1 is 1.33 bits per heavy atom. The Hall–Kier alpha value is -2.18. The molecule has 1 aromatic carbocycles. The average molecular weight is 299 g/mol. The topological polar surface area (TPSA) is 55.8 Å². The molecule has 2 rings (SSSR count). The van der Waals surface area contributed by atoms with Gasteiger partial charge >= 0.3 is 12.6 Å². The Kier molecular flexibility index (Phi) is 4.72. The van der Waals surface area contributed by atoms with E-state index in [0.29, 0.717) is 13.0 Å². The van der Waals surface area contributed by atoms with Crippen LogP contribution in [0.3, 0.4) is 0 Å². The van der Waals surface area contributed by atoms with E-state index in [1.54, 1.807) is 6.07 Å². The van der Waals surface area contributed by atoms with E-state index >= 15 is 0 Å². The lowest BCUT2D eigenvalue weighted by Crippen LogP contribution is -2.30. The number of para-hydroxylation sites is 1. The van der Waals surface area contributed by atoms with Gasteiger partial charge in [0.1, 0.15) is 5.75 Å². The Labute approximate surface area is 120 Å². The lowest BCUT2D eigenvalue weighted by atomic mass is 10.1. The summed E-state index contributed by atoms with van der Waals surface area (Å²) in [5, 5.41) is 0. The van der Waals surface area contributed by atoms with E-state index in [2.05, 4.69) is 9.47 Å². The van der Waals surface area contributed by atoms with Crippen LogP contribution < -0.4 is 4.74 Å². The van der Waals surface area contributed by atoms with Crippen molar-refractivity contribution in [1.82, 2.24) is 4.90 Å². The lowest BCUT2D eigenvalue weighted by Gasteiger charge is -2.18. The fourth-order valence-corrected chi connectivity index (χ4v) is 2.32. The van der Waals surface area contributed by atoms with Gasteiger partial charge in [0, 0.05) is 13.1 Å². The number of esters is 1. The highest BCUT2D eigenvalue weighted by atomic mass is 19.3. The second kappa shape index (κ2) is 6.51.